The molecule has 0 saturated heterocycles. The van der Waals surface area contributed by atoms with Crippen LogP contribution in [0.3, 0.4) is 0 Å². The number of benzene rings is 8. The molecule has 0 radical (unpaired) electrons. The first-order valence-corrected chi connectivity index (χ1v) is 16.1. The maximum absolute atomic E-state index is 6.76. The number of rotatable bonds is 2. The van der Waals surface area contributed by atoms with Crippen molar-refractivity contribution >= 4 is 54.3 Å². The van der Waals surface area contributed by atoms with Crippen molar-refractivity contribution in [1.82, 2.24) is 0 Å². The first-order valence-electron chi connectivity index (χ1n) is 16.1. The van der Waals surface area contributed by atoms with Crippen molar-refractivity contribution in [1.29, 1.82) is 0 Å². The van der Waals surface area contributed by atoms with Crippen molar-refractivity contribution in [2.45, 2.75) is 19.3 Å². The molecule has 1 aromatic heterocycles. The standard InChI is InChI=1S/C45H30O/c1-45(2)38-21-11-9-15-30(38)31-24-23-28(26-39(31)45)41-33-17-5-7-19-35(33)42(36-20-8-6-18-34(36)41)43-29-14-4-3-13-27(29)25-37-32-16-10-12-22-40(32)46-44(37)43/h3-26H,1-2H3. The second-order valence-electron chi connectivity index (χ2n) is 13.2. The van der Waals surface area contributed by atoms with Gasteiger partial charge in [0.15, 0.2) is 0 Å². The fourth-order valence-electron chi connectivity index (χ4n) is 8.34. The fourth-order valence-corrected chi connectivity index (χ4v) is 8.34. The van der Waals surface area contributed by atoms with E-state index in [1.807, 2.05) is 0 Å². The van der Waals surface area contributed by atoms with Gasteiger partial charge in [0.1, 0.15) is 11.2 Å². The topological polar surface area (TPSA) is 13.1 Å². The highest BCUT2D eigenvalue weighted by Crippen LogP contribution is 2.52. The van der Waals surface area contributed by atoms with Crippen molar-refractivity contribution in [3.8, 4) is 33.4 Å². The summed E-state index contributed by atoms with van der Waals surface area (Å²) in [4.78, 5) is 0. The largest absolute Gasteiger partial charge is 0.455 e. The second kappa shape index (κ2) is 9.19. The molecular formula is C45H30O. The Morgan fingerprint density at radius 1 is 0.413 bits per heavy atom. The maximum atomic E-state index is 6.76. The van der Waals surface area contributed by atoms with Gasteiger partial charge in [-0.2, -0.15) is 0 Å². The molecule has 0 fully saturated rings. The molecule has 0 bridgehead atoms. The second-order valence-corrected chi connectivity index (χ2v) is 13.2. The van der Waals surface area contributed by atoms with Crippen molar-refractivity contribution in [2.75, 3.05) is 0 Å². The highest BCUT2D eigenvalue weighted by Gasteiger charge is 2.35. The highest BCUT2D eigenvalue weighted by molar-refractivity contribution is 6.28. The van der Waals surface area contributed by atoms with Gasteiger partial charge in [-0.3, -0.25) is 0 Å². The van der Waals surface area contributed by atoms with E-state index in [-0.39, 0.29) is 5.41 Å². The minimum Gasteiger partial charge on any atom is -0.455 e. The van der Waals surface area contributed by atoms with Crippen molar-refractivity contribution < 1.29 is 4.42 Å². The molecule has 0 N–H and O–H groups in total. The third kappa shape index (κ3) is 3.35. The van der Waals surface area contributed by atoms with E-state index in [4.69, 9.17) is 4.42 Å². The quantitative estimate of drug-likeness (QED) is 0.184. The van der Waals surface area contributed by atoms with Crippen LogP contribution in [0.15, 0.2) is 150 Å². The molecule has 9 aromatic rings. The minimum absolute atomic E-state index is 0.0661. The summed E-state index contributed by atoms with van der Waals surface area (Å²) in [6.07, 6.45) is 0. The van der Waals surface area contributed by atoms with Crippen LogP contribution >= 0.6 is 0 Å². The van der Waals surface area contributed by atoms with Gasteiger partial charge < -0.3 is 4.42 Å². The SMILES string of the molecule is CC1(C)c2ccccc2-c2ccc(-c3c4ccccc4c(-c4c5ccccc5cc5c4oc4ccccc45)c4ccccc34)cc21. The Balaban J connectivity index is 1.35. The summed E-state index contributed by atoms with van der Waals surface area (Å²) >= 11 is 0. The van der Waals surface area contributed by atoms with Crippen LogP contribution in [0.2, 0.25) is 0 Å². The van der Waals surface area contributed by atoms with Gasteiger partial charge in [-0.1, -0.05) is 141 Å². The lowest BCUT2D eigenvalue weighted by molar-refractivity contribution is 0.660. The molecule has 216 valence electrons. The molecule has 8 aromatic carbocycles. The van der Waals surface area contributed by atoms with Gasteiger partial charge in [-0.15, -0.1) is 0 Å². The summed E-state index contributed by atoms with van der Waals surface area (Å²) in [7, 11) is 0. The average Bonchev–Trinajstić information content (AvgIpc) is 3.58. The van der Waals surface area contributed by atoms with Crippen LogP contribution in [-0.4, -0.2) is 0 Å². The molecule has 0 saturated carbocycles. The van der Waals surface area contributed by atoms with Gasteiger partial charge >= 0.3 is 0 Å². The lowest BCUT2D eigenvalue weighted by Crippen LogP contribution is -2.14. The average molecular weight is 587 g/mol. The predicted molar refractivity (Wildman–Crippen MR) is 195 cm³/mol. The minimum atomic E-state index is -0.0661. The van der Waals surface area contributed by atoms with Gasteiger partial charge in [-0.25, -0.2) is 0 Å². The number of fused-ring (bicyclic) bond motifs is 9. The molecule has 0 unspecified atom stereocenters. The molecule has 0 aliphatic heterocycles. The Bertz CT molecular complexity index is 2660. The molecule has 1 heteroatoms. The Morgan fingerprint density at radius 2 is 0.978 bits per heavy atom. The molecule has 1 heterocycles. The number of furan rings is 1. The van der Waals surface area contributed by atoms with Crippen LogP contribution in [0.5, 0.6) is 0 Å². The predicted octanol–water partition coefficient (Wildman–Crippen LogP) is 12.7. The zero-order valence-corrected chi connectivity index (χ0v) is 25.8. The lowest BCUT2D eigenvalue weighted by Gasteiger charge is -2.23. The van der Waals surface area contributed by atoms with Crippen LogP contribution in [0.25, 0.3) is 87.6 Å². The Kier molecular flexibility index (Phi) is 5.12. The summed E-state index contributed by atoms with van der Waals surface area (Å²) in [6, 6.07) is 53.4. The van der Waals surface area contributed by atoms with E-state index in [0.29, 0.717) is 0 Å². The zero-order chi connectivity index (χ0) is 30.6. The van der Waals surface area contributed by atoms with Crippen LogP contribution in [0.4, 0.5) is 0 Å². The van der Waals surface area contributed by atoms with Crippen LogP contribution in [-0.2, 0) is 5.41 Å². The summed E-state index contributed by atoms with van der Waals surface area (Å²) < 4.78 is 6.76. The summed E-state index contributed by atoms with van der Waals surface area (Å²) in [5.41, 5.74) is 12.2. The number of para-hydroxylation sites is 1. The van der Waals surface area contributed by atoms with Crippen LogP contribution < -0.4 is 0 Å². The molecule has 1 aliphatic rings. The number of hydrogen-bond acceptors (Lipinski definition) is 1. The highest BCUT2D eigenvalue weighted by atomic mass is 16.3. The van der Waals surface area contributed by atoms with E-state index >= 15 is 0 Å². The molecule has 0 atom stereocenters. The molecule has 1 nitrogen and oxygen atoms in total. The third-order valence-electron chi connectivity index (χ3n) is 10.4. The van der Waals surface area contributed by atoms with Crippen LogP contribution in [0, 0.1) is 0 Å². The van der Waals surface area contributed by atoms with E-state index in [1.165, 1.54) is 71.3 Å². The smallest absolute Gasteiger partial charge is 0.143 e. The van der Waals surface area contributed by atoms with Gasteiger partial charge in [0.05, 0.1) is 0 Å². The van der Waals surface area contributed by atoms with Crippen molar-refractivity contribution in [3.05, 3.63) is 157 Å². The summed E-state index contributed by atoms with van der Waals surface area (Å²) in [5, 5.41) is 9.69. The number of hydrogen-bond donors (Lipinski definition) is 0. The van der Waals surface area contributed by atoms with Gasteiger partial charge in [0.2, 0.25) is 0 Å². The first-order chi connectivity index (χ1) is 22.6. The van der Waals surface area contributed by atoms with E-state index in [9.17, 15) is 0 Å². The summed E-state index contributed by atoms with van der Waals surface area (Å²) in [5.74, 6) is 0. The fraction of sp³-hybridized carbons (Fsp3) is 0.0667. The summed E-state index contributed by atoms with van der Waals surface area (Å²) in [6.45, 7) is 4.72. The van der Waals surface area contributed by atoms with Gasteiger partial charge in [0, 0.05) is 27.3 Å². The van der Waals surface area contributed by atoms with Crippen molar-refractivity contribution in [2.24, 2.45) is 0 Å². The maximum Gasteiger partial charge on any atom is 0.143 e. The molecule has 0 amide bonds. The Hall–Kier alpha value is -5.66. The van der Waals surface area contributed by atoms with Gasteiger partial charge in [-0.05, 0) is 83.9 Å². The van der Waals surface area contributed by atoms with E-state index in [2.05, 4.69) is 159 Å². The molecule has 10 rings (SSSR count). The first kappa shape index (κ1) is 25.6. The lowest BCUT2D eigenvalue weighted by atomic mass is 9.80. The monoisotopic (exact) mass is 586 g/mol. The molecule has 46 heavy (non-hydrogen) atoms. The van der Waals surface area contributed by atoms with Crippen LogP contribution in [0.1, 0.15) is 25.0 Å². The normalized spacial score (nSPS) is 13.6. The van der Waals surface area contributed by atoms with Gasteiger partial charge in [0.25, 0.3) is 0 Å². The third-order valence-corrected chi connectivity index (χ3v) is 10.4. The Morgan fingerprint density at radius 3 is 1.72 bits per heavy atom. The van der Waals surface area contributed by atoms with E-state index in [1.54, 1.807) is 0 Å². The van der Waals surface area contributed by atoms with E-state index < -0.39 is 0 Å². The van der Waals surface area contributed by atoms with E-state index in [0.717, 1.165) is 27.5 Å². The molecule has 0 spiro atoms. The Labute approximate surface area is 267 Å². The van der Waals surface area contributed by atoms with Crippen molar-refractivity contribution in [3.63, 3.8) is 0 Å². The molecular weight excluding hydrogens is 556 g/mol. The zero-order valence-electron chi connectivity index (χ0n) is 25.8. The molecule has 1 aliphatic carbocycles.